The molecule has 0 fully saturated rings. The van der Waals surface area contributed by atoms with Crippen LogP contribution in [0.4, 0.5) is 43.9 Å². The highest BCUT2D eigenvalue weighted by atomic mass is 19.4. The van der Waals surface area contributed by atoms with E-state index >= 15 is 0 Å². The van der Waals surface area contributed by atoms with Gasteiger partial charge in [-0.3, -0.25) is 9.72 Å². The second-order valence-electron chi connectivity index (χ2n) is 6.94. The fourth-order valence-corrected chi connectivity index (χ4v) is 2.60. The molecule has 3 aromatic rings. The molecule has 0 N–H and O–H groups in total. The Morgan fingerprint density at radius 3 is 2.08 bits per heavy atom. The molecule has 1 heterocycles. The third-order valence-corrected chi connectivity index (χ3v) is 4.37. The van der Waals surface area contributed by atoms with Crippen molar-refractivity contribution in [1.29, 1.82) is 0 Å². The van der Waals surface area contributed by atoms with Crippen LogP contribution in [0.5, 0.6) is 5.75 Å². The Balaban J connectivity index is 1.78. The first-order chi connectivity index (χ1) is 16.5. The molecule has 0 saturated heterocycles. The Morgan fingerprint density at radius 1 is 0.889 bits per heavy atom. The molecule has 36 heavy (non-hydrogen) atoms. The summed E-state index contributed by atoms with van der Waals surface area (Å²) < 4.78 is 137. The van der Waals surface area contributed by atoms with E-state index in [0.717, 1.165) is 18.2 Å². The molecule has 0 aliphatic rings. The molecule has 0 radical (unpaired) electrons. The lowest BCUT2D eigenvalue weighted by molar-refractivity contribution is -0.682. The Bertz CT molecular complexity index is 1250. The molecule has 1 atom stereocenters. The van der Waals surface area contributed by atoms with Crippen LogP contribution >= 0.6 is 0 Å². The van der Waals surface area contributed by atoms with Gasteiger partial charge in [0.25, 0.3) is 0 Å². The molecule has 16 heteroatoms. The van der Waals surface area contributed by atoms with Crippen molar-refractivity contribution in [2.75, 3.05) is 0 Å². The average Bonchev–Trinajstić information content (AvgIpc) is 2.78. The molecule has 0 amide bonds. The molecule has 1 unspecified atom stereocenters. The van der Waals surface area contributed by atoms with E-state index in [9.17, 15) is 49.0 Å². The van der Waals surface area contributed by atoms with Gasteiger partial charge in [-0.05, 0) is 39.6 Å². The predicted octanol–water partition coefficient (Wildman–Crippen LogP) is 4.17. The van der Waals surface area contributed by atoms with Gasteiger partial charge < -0.3 is 9.84 Å². The summed E-state index contributed by atoms with van der Waals surface area (Å²) in [5, 5.41) is 16.4. The van der Waals surface area contributed by atoms with Crippen molar-refractivity contribution < 1.29 is 63.2 Å². The number of fused-ring (bicyclic) bond motifs is 1. The lowest BCUT2D eigenvalue weighted by Crippen LogP contribution is -2.56. The zero-order valence-corrected chi connectivity index (χ0v) is 17.2. The quantitative estimate of drug-likeness (QED) is 0.190. The van der Waals surface area contributed by atoms with Gasteiger partial charge in [0.15, 0.2) is 0 Å². The van der Waals surface area contributed by atoms with Gasteiger partial charge in [0.2, 0.25) is 12.4 Å². The SMILES string of the molecule is [O-]/C(=N\[n+]1ccncc1)c1ccc2cc(OC(F)(F)C(F)OC(F)(F)C(F)(F)C(F)(F)F)ccc2c1. The molecular weight excluding hydrogens is 520 g/mol. The Hall–Kier alpha value is -3.69. The summed E-state index contributed by atoms with van der Waals surface area (Å²) in [5.41, 5.74) is 0.0656. The maximum atomic E-state index is 13.8. The highest BCUT2D eigenvalue weighted by molar-refractivity contribution is 5.96. The van der Waals surface area contributed by atoms with Crippen LogP contribution in [0.15, 0.2) is 66.3 Å². The van der Waals surface area contributed by atoms with Crippen molar-refractivity contribution in [3.63, 3.8) is 0 Å². The van der Waals surface area contributed by atoms with Gasteiger partial charge in [-0.1, -0.05) is 22.9 Å². The zero-order valence-electron chi connectivity index (χ0n) is 17.2. The van der Waals surface area contributed by atoms with Crippen LogP contribution in [0.25, 0.3) is 10.8 Å². The molecule has 0 spiro atoms. The third kappa shape index (κ3) is 5.58. The van der Waals surface area contributed by atoms with Crippen molar-refractivity contribution in [3.8, 4) is 5.75 Å². The van der Waals surface area contributed by atoms with E-state index in [1.807, 2.05) is 0 Å². The van der Waals surface area contributed by atoms with Gasteiger partial charge in [0.1, 0.15) is 5.75 Å². The third-order valence-electron chi connectivity index (χ3n) is 4.37. The molecule has 0 saturated carbocycles. The van der Waals surface area contributed by atoms with Crippen LogP contribution in [0, 0.1) is 0 Å². The summed E-state index contributed by atoms with van der Waals surface area (Å²) in [6, 6.07) is 6.47. The maximum Gasteiger partial charge on any atom is 0.462 e. The molecule has 0 aliphatic carbocycles. The van der Waals surface area contributed by atoms with Gasteiger partial charge in [-0.2, -0.15) is 39.5 Å². The number of hydrogen-bond donors (Lipinski definition) is 0. The second-order valence-corrected chi connectivity index (χ2v) is 6.94. The van der Waals surface area contributed by atoms with Crippen molar-refractivity contribution >= 4 is 16.7 Å². The molecule has 6 nitrogen and oxygen atoms in total. The second kappa shape index (κ2) is 9.40. The highest BCUT2D eigenvalue weighted by Gasteiger charge is 2.76. The minimum atomic E-state index is -6.97. The van der Waals surface area contributed by atoms with Crippen LogP contribution < -0.4 is 14.5 Å². The zero-order chi connectivity index (χ0) is 26.9. The molecule has 0 bridgehead atoms. The summed E-state index contributed by atoms with van der Waals surface area (Å²) in [6.07, 6.45) is -18.2. The summed E-state index contributed by atoms with van der Waals surface area (Å²) in [5.74, 6) is -8.56. The molecule has 2 aromatic carbocycles. The number of aromatic nitrogens is 2. The van der Waals surface area contributed by atoms with Gasteiger partial charge in [-0.25, -0.2) is 4.39 Å². The van der Waals surface area contributed by atoms with Crippen LogP contribution in [-0.2, 0) is 4.74 Å². The fourth-order valence-electron chi connectivity index (χ4n) is 2.60. The van der Waals surface area contributed by atoms with Crippen molar-refractivity contribution in [3.05, 3.63) is 66.7 Å². The topological polar surface area (TPSA) is 70.7 Å². The monoisotopic (exact) mass is 531 g/mol. The van der Waals surface area contributed by atoms with Crippen LogP contribution in [0.1, 0.15) is 5.56 Å². The normalized spacial score (nSPS) is 14.7. The van der Waals surface area contributed by atoms with E-state index in [1.165, 1.54) is 47.7 Å². The van der Waals surface area contributed by atoms with Crippen LogP contribution in [-0.4, -0.2) is 41.6 Å². The highest BCUT2D eigenvalue weighted by Crippen LogP contribution is 2.48. The summed E-state index contributed by atoms with van der Waals surface area (Å²) in [4.78, 5) is 3.74. The minimum Gasteiger partial charge on any atom is -0.854 e. The molecule has 194 valence electrons. The number of nitrogens with zero attached hydrogens (tertiary/aromatic N) is 3. The number of alkyl halides is 10. The lowest BCUT2D eigenvalue weighted by Gasteiger charge is -2.30. The Kier molecular flexibility index (Phi) is 7.03. The first-order valence-electron chi connectivity index (χ1n) is 9.36. The van der Waals surface area contributed by atoms with E-state index in [0.29, 0.717) is 0 Å². The predicted molar refractivity (Wildman–Crippen MR) is 97.8 cm³/mol. The smallest absolute Gasteiger partial charge is 0.462 e. The fraction of sp³-hybridized carbons (Fsp3) is 0.250. The first kappa shape index (κ1) is 26.9. The minimum absolute atomic E-state index is 0.0656. The van der Waals surface area contributed by atoms with Crippen molar-refractivity contribution in [2.45, 2.75) is 30.7 Å². The van der Waals surface area contributed by atoms with E-state index in [4.69, 9.17) is 0 Å². The number of halogens is 10. The number of ether oxygens (including phenoxy) is 2. The summed E-state index contributed by atoms with van der Waals surface area (Å²) >= 11 is 0. The Labute approximate surface area is 194 Å². The Morgan fingerprint density at radius 2 is 1.47 bits per heavy atom. The maximum absolute atomic E-state index is 13.8. The molecule has 3 rings (SSSR count). The molecule has 0 aliphatic heterocycles. The average molecular weight is 531 g/mol. The van der Waals surface area contributed by atoms with E-state index in [2.05, 4.69) is 19.6 Å². The largest absolute Gasteiger partial charge is 0.854 e. The summed E-state index contributed by atoms with van der Waals surface area (Å²) in [7, 11) is 0. The van der Waals surface area contributed by atoms with E-state index in [1.54, 1.807) is 0 Å². The van der Waals surface area contributed by atoms with Gasteiger partial charge in [-0.15, -0.1) is 0 Å². The number of rotatable bonds is 8. The van der Waals surface area contributed by atoms with Crippen molar-refractivity contribution in [2.24, 2.45) is 5.10 Å². The van der Waals surface area contributed by atoms with E-state index in [-0.39, 0.29) is 16.3 Å². The lowest BCUT2D eigenvalue weighted by atomic mass is 10.1. The molecule has 1 aromatic heterocycles. The van der Waals surface area contributed by atoms with Gasteiger partial charge in [0.05, 0.1) is 18.3 Å². The van der Waals surface area contributed by atoms with Gasteiger partial charge in [0, 0.05) is 0 Å². The standard InChI is InChI=1S/C20H11F10N3O3/c21-16(36-20(29,30)18(24,25)19(26,27)28)17(22,23)35-14-4-3-11-9-13(2-1-12(11)10-14)15(34)32-33-7-5-31-6-8-33/h1-10,16H. The van der Waals surface area contributed by atoms with E-state index < -0.39 is 42.3 Å². The number of hydrogen-bond acceptors (Lipinski definition) is 5. The van der Waals surface area contributed by atoms with Crippen LogP contribution in [0.3, 0.4) is 0 Å². The molecular formula is C20H11F10N3O3. The first-order valence-corrected chi connectivity index (χ1v) is 9.36. The number of benzene rings is 2. The van der Waals surface area contributed by atoms with Crippen molar-refractivity contribution in [1.82, 2.24) is 4.98 Å². The van der Waals surface area contributed by atoms with Crippen LogP contribution in [0.2, 0.25) is 0 Å². The summed E-state index contributed by atoms with van der Waals surface area (Å²) in [6.45, 7) is 0. The van der Waals surface area contributed by atoms with Gasteiger partial charge >= 0.3 is 30.7 Å².